The van der Waals surface area contributed by atoms with E-state index in [0.717, 1.165) is 11.8 Å². The smallest absolute Gasteiger partial charge is 0.185 e. The highest BCUT2D eigenvalue weighted by Gasteiger charge is 2.18. The van der Waals surface area contributed by atoms with Gasteiger partial charge >= 0.3 is 0 Å². The first-order valence-corrected chi connectivity index (χ1v) is 7.57. The highest BCUT2D eigenvalue weighted by atomic mass is 32.2. The van der Waals surface area contributed by atoms with Crippen LogP contribution in [0, 0.1) is 0 Å². The maximum Gasteiger partial charge on any atom is 0.185 e. The Balaban J connectivity index is 2.60. The molecule has 0 bridgehead atoms. The zero-order chi connectivity index (χ0) is 15.1. The highest BCUT2D eigenvalue weighted by molar-refractivity contribution is 8.13. The molecule has 0 aliphatic rings. The molecule has 2 N–H and O–H groups in total. The summed E-state index contributed by atoms with van der Waals surface area (Å²) in [5.74, 6) is 0.518. The number of hydrogen-bond donors (Lipinski definition) is 2. The van der Waals surface area contributed by atoms with Crippen molar-refractivity contribution in [2.24, 2.45) is 0 Å². The number of rotatable bonds is 7. The molecule has 0 saturated carbocycles. The van der Waals surface area contributed by atoms with Crippen molar-refractivity contribution in [3.8, 4) is 0 Å². The number of carbonyl (C=O) groups excluding carboxylic acids is 2. The molecular formula is C15H20O4S. The molecule has 20 heavy (non-hydrogen) atoms. The molecule has 0 aliphatic heterocycles. The van der Waals surface area contributed by atoms with Crippen LogP contribution in [-0.2, 0) is 4.79 Å². The second-order valence-electron chi connectivity index (χ2n) is 4.54. The van der Waals surface area contributed by atoms with Gasteiger partial charge in [0.25, 0.3) is 0 Å². The van der Waals surface area contributed by atoms with Gasteiger partial charge in [0.2, 0.25) is 0 Å². The van der Waals surface area contributed by atoms with Crippen LogP contribution in [-0.4, -0.2) is 33.0 Å². The van der Waals surface area contributed by atoms with E-state index in [-0.39, 0.29) is 10.9 Å². The van der Waals surface area contributed by atoms with Crippen molar-refractivity contribution >= 4 is 22.7 Å². The summed E-state index contributed by atoms with van der Waals surface area (Å²) in [6, 6.07) is 6.60. The Bertz CT molecular complexity index is 455. The third-order valence-electron chi connectivity index (χ3n) is 2.98. The van der Waals surface area contributed by atoms with Crippen LogP contribution in [0.15, 0.2) is 24.3 Å². The molecule has 0 spiro atoms. The Kier molecular flexibility index (Phi) is 6.91. The molecule has 0 heterocycles. The third-order valence-corrected chi connectivity index (χ3v) is 3.83. The van der Waals surface area contributed by atoms with E-state index < -0.39 is 12.2 Å². The molecule has 2 unspecified atom stereocenters. The Morgan fingerprint density at radius 3 is 2.30 bits per heavy atom. The standard InChI is InChI=1S/C15H20O4S/c1-3-13(17)11-4-6-12(7-5-11)15(19)14(18)8-9-20-10(2)16/h4-7,14-15,18-19H,3,8-9H2,1-2H3. The zero-order valence-electron chi connectivity index (χ0n) is 11.7. The van der Waals surface area contributed by atoms with Gasteiger partial charge in [-0.2, -0.15) is 0 Å². The monoisotopic (exact) mass is 296 g/mol. The fraction of sp³-hybridized carbons (Fsp3) is 0.467. The highest BCUT2D eigenvalue weighted by Crippen LogP contribution is 2.21. The van der Waals surface area contributed by atoms with Gasteiger partial charge in [0, 0.05) is 24.7 Å². The van der Waals surface area contributed by atoms with Crippen LogP contribution < -0.4 is 0 Å². The molecule has 1 aromatic rings. The molecule has 0 amide bonds. The first-order valence-electron chi connectivity index (χ1n) is 6.58. The molecule has 0 fully saturated rings. The molecular weight excluding hydrogens is 276 g/mol. The molecule has 2 atom stereocenters. The Hall–Kier alpha value is -1.17. The van der Waals surface area contributed by atoms with E-state index >= 15 is 0 Å². The summed E-state index contributed by atoms with van der Waals surface area (Å²) in [7, 11) is 0. The molecule has 4 nitrogen and oxygen atoms in total. The van der Waals surface area contributed by atoms with E-state index in [4.69, 9.17) is 0 Å². The number of Topliss-reactive ketones (excluding diaryl/α,β-unsaturated/α-hetero) is 1. The lowest BCUT2D eigenvalue weighted by Crippen LogP contribution is -2.19. The van der Waals surface area contributed by atoms with Gasteiger partial charge in [0.05, 0.1) is 6.10 Å². The van der Waals surface area contributed by atoms with Crippen molar-refractivity contribution < 1.29 is 19.8 Å². The van der Waals surface area contributed by atoms with Crippen molar-refractivity contribution in [3.05, 3.63) is 35.4 Å². The van der Waals surface area contributed by atoms with Crippen LogP contribution in [0.3, 0.4) is 0 Å². The number of carbonyl (C=O) groups is 2. The second kappa shape index (κ2) is 8.19. The summed E-state index contributed by atoms with van der Waals surface area (Å²) in [5.41, 5.74) is 1.17. The zero-order valence-corrected chi connectivity index (χ0v) is 12.5. The summed E-state index contributed by atoms with van der Waals surface area (Å²) in [5, 5.41) is 19.9. The minimum Gasteiger partial charge on any atom is -0.390 e. The van der Waals surface area contributed by atoms with Crippen LogP contribution in [0.1, 0.15) is 48.7 Å². The first-order chi connectivity index (χ1) is 9.45. The van der Waals surface area contributed by atoms with Crippen LogP contribution in [0.4, 0.5) is 0 Å². The molecule has 0 aliphatic carbocycles. The van der Waals surface area contributed by atoms with Gasteiger partial charge in [0.1, 0.15) is 6.10 Å². The lowest BCUT2D eigenvalue weighted by atomic mass is 10.00. The number of hydrogen-bond acceptors (Lipinski definition) is 5. The Morgan fingerprint density at radius 1 is 1.20 bits per heavy atom. The number of benzene rings is 1. The van der Waals surface area contributed by atoms with Crippen LogP contribution in [0.5, 0.6) is 0 Å². The molecule has 1 aromatic carbocycles. The summed E-state index contributed by atoms with van der Waals surface area (Å²) in [6.45, 7) is 3.26. The summed E-state index contributed by atoms with van der Waals surface area (Å²) in [4.78, 5) is 22.3. The van der Waals surface area contributed by atoms with Gasteiger partial charge in [-0.05, 0) is 12.0 Å². The molecule has 1 rings (SSSR count). The second-order valence-corrected chi connectivity index (χ2v) is 5.81. The normalized spacial score (nSPS) is 13.8. The largest absolute Gasteiger partial charge is 0.390 e. The lowest BCUT2D eigenvalue weighted by molar-refractivity contribution is -0.109. The molecule has 5 heteroatoms. The topological polar surface area (TPSA) is 74.6 Å². The summed E-state index contributed by atoms with van der Waals surface area (Å²) < 4.78 is 0. The lowest BCUT2D eigenvalue weighted by Gasteiger charge is -2.18. The number of thioether (sulfide) groups is 1. The van der Waals surface area contributed by atoms with Gasteiger partial charge in [-0.1, -0.05) is 43.0 Å². The van der Waals surface area contributed by atoms with E-state index in [1.807, 2.05) is 0 Å². The van der Waals surface area contributed by atoms with Gasteiger partial charge in [-0.15, -0.1) is 0 Å². The van der Waals surface area contributed by atoms with Crippen molar-refractivity contribution in [2.75, 3.05) is 5.75 Å². The fourth-order valence-electron chi connectivity index (χ4n) is 1.77. The minimum absolute atomic E-state index is 0.00544. The quantitative estimate of drug-likeness (QED) is 0.755. The fourth-order valence-corrected chi connectivity index (χ4v) is 2.42. The molecule has 0 aromatic heterocycles. The van der Waals surface area contributed by atoms with E-state index in [2.05, 4.69) is 0 Å². The van der Waals surface area contributed by atoms with E-state index in [1.54, 1.807) is 31.2 Å². The average molecular weight is 296 g/mol. The number of aliphatic hydroxyl groups is 2. The van der Waals surface area contributed by atoms with E-state index in [9.17, 15) is 19.8 Å². The van der Waals surface area contributed by atoms with Crippen LogP contribution in [0.2, 0.25) is 0 Å². The molecule has 110 valence electrons. The third kappa shape index (κ3) is 5.07. The number of ketones is 1. The van der Waals surface area contributed by atoms with E-state index in [0.29, 0.717) is 29.7 Å². The SMILES string of the molecule is CCC(=O)c1ccc(C(O)C(O)CCSC(C)=O)cc1. The van der Waals surface area contributed by atoms with Gasteiger partial charge in [-0.25, -0.2) is 0 Å². The predicted octanol–water partition coefficient (Wildman–Crippen LogP) is 2.34. The predicted molar refractivity (Wildman–Crippen MR) is 79.8 cm³/mol. The van der Waals surface area contributed by atoms with Crippen molar-refractivity contribution in [1.82, 2.24) is 0 Å². The van der Waals surface area contributed by atoms with Crippen molar-refractivity contribution in [3.63, 3.8) is 0 Å². The van der Waals surface area contributed by atoms with Crippen LogP contribution >= 0.6 is 11.8 Å². The molecule has 0 saturated heterocycles. The van der Waals surface area contributed by atoms with Crippen LogP contribution in [0.25, 0.3) is 0 Å². The number of aliphatic hydroxyl groups excluding tert-OH is 2. The average Bonchev–Trinajstić information content (AvgIpc) is 2.45. The maximum absolute atomic E-state index is 11.5. The summed E-state index contributed by atoms with van der Waals surface area (Å²) in [6.07, 6.45) is -1.16. The van der Waals surface area contributed by atoms with E-state index in [1.165, 1.54) is 6.92 Å². The van der Waals surface area contributed by atoms with Gasteiger partial charge < -0.3 is 10.2 Å². The Morgan fingerprint density at radius 2 is 1.80 bits per heavy atom. The molecule has 0 radical (unpaired) electrons. The van der Waals surface area contributed by atoms with Crippen molar-refractivity contribution in [2.45, 2.75) is 38.9 Å². The Labute approximate surface area is 123 Å². The van der Waals surface area contributed by atoms with Gasteiger partial charge in [0.15, 0.2) is 10.9 Å². The summed E-state index contributed by atoms with van der Waals surface area (Å²) >= 11 is 1.13. The van der Waals surface area contributed by atoms with Gasteiger partial charge in [-0.3, -0.25) is 9.59 Å². The minimum atomic E-state index is -1.01. The van der Waals surface area contributed by atoms with Crippen molar-refractivity contribution in [1.29, 1.82) is 0 Å². The first kappa shape index (κ1) is 16.9. The maximum atomic E-state index is 11.5.